The maximum atomic E-state index is 13.3. The van der Waals surface area contributed by atoms with Gasteiger partial charge in [0.05, 0.1) is 20.3 Å². The average molecular weight is 437 g/mol. The molecule has 8 nitrogen and oxygen atoms in total. The van der Waals surface area contributed by atoms with Gasteiger partial charge in [0, 0.05) is 24.3 Å². The normalized spacial score (nSPS) is 15.2. The van der Waals surface area contributed by atoms with Crippen LogP contribution in [0.5, 0.6) is 17.2 Å². The molecule has 1 atom stereocenters. The highest BCUT2D eigenvalue weighted by Crippen LogP contribution is 2.46. The Labute approximate surface area is 186 Å². The predicted octanol–water partition coefficient (Wildman–Crippen LogP) is 3.34. The molecule has 2 heterocycles. The first kappa shape index (κ1) is 21.7. The predicted molar refractivity (Wildman–Crippen MR) is 119 cm³/mol. The van der Waals surface area contributed by atoms with Crippen LogP contribution in [-0.4, -0.2) is 58.6 Å². The number of ether oxygens (including phenoxy) is 2. The third kappa shape index (κ3) is 3.46. The number of nitrogens with zero attached hydrogens (tertiary/aromatic N) is 2. The number of benzene rings is 2. The van der Waals surface area contributed by atoms with Gasteiger partial charge >= 0.3 is 0 Å². The maximum absolute atomic E-state index is 13.3. The zero-order valence-corrected chi connectivity index (χ0v) is 18.6. The van der Waals surface area contributed by atoms with Gasteiger partial charge in [0.2, 0.25) is 0 Å². The van der Waals surface area contributed by atoms with Crippen LogP contribution in [0.15, 0.2) is 30.3 Å². The molecule has 32 heavy (non-hydrogen) atoms. The van der Waals surface area contributed by atoms with Crippen molar-refractivity contribution in [3.05, 3.63) is 58.3 Å². The molecule has 4 rings (SSSR count). The fraction of sp³-hybridized carbons (Fsp3) is 0.333. The number of H-pyrrole nitrogens is 1. The summed E-state index contributed by atoms with van der Waals surface area (Å²) in [6.45, 7) is 4.17. The van der Waals surface area contributed by atoms with E-state index in [0.717, 1.165) is 16.7 Å². The number of carbonyl (C=O) groups is 1. The van der Waals surface area contributed by atoms with Crippen molar-refractivity contribution in [2.45, 2.75) is 26.3 Å². The van der Waals surface area contributed by atoms with Gasteiger partial charge < -0.3 is 24.6 Å². The fourth-order valence-corrected chi connectivity index (χ4v) is 4.48. The number of hydrogen-bond donors (Lipinski definition) is 3. The van der Waals surface area contributed by atoms with E-state index in [-0.39, 0.29) is 18.3 Å². The molecule has 1 aliphatic rings. The molecule has 3 aromatic rings. The van der Waals surface area contributed by atoms with E-state index in [1.165, 1.54) is 0 Å². The largest absolute Gasteiger partial charge is 0.507 e. The van der Waals surface area contributed by atoms with E-state index in [2.05, 4.69) is 10.2 Å². The van der Waals surface area contributed by atoms with Crippen LogP contribution in [0.25, 0.3) is 11.3 Å². The average Bonchev–Trinajstić information content (AvgIpc) is 3.30. The maximum Gasteiger partial charge on any atom is 0.273 e. The molecule has 0 bridgehead atoms. The second-order valence-electron chi connectivity index (χ2n) is 7.93. The number of aliphatic hydroxyl groups excluding tert-OH is 1. The van der Waals surface area contributed by atoms with Crippen molar-refractivity contribution in [1.82, 2.24) is 15.1 Å². The number of phenolic OH excluding ortho intramolecular Hbond substituents is 1. The van der Waals surface area contributed by atoms with Crippen LogP contribution in [-0.2, 0) is 0 Å². The van der Waals surface area contributed by atoms with Gasteiger partial charge in [-0.1, -0.05) is 12.1 Å². The number of hydrogen-bond acceptors (Lipinski definition) is 6. The Kier molecular flexibility index (Phi) is 5.80. The molecule has 1 aliphatic heterocycles. The second-order valence-corrected chi connectivity index (χ2v) is 7.93. The quantitative estimate of drug-likeness (QED) is 0.523. The number of phenols is 1. The number of aromatic hydroxyl groups is 1. The van der Waals surface area contributed by atoms with E-state index < -0.39 is 6.04 Å². The third-order valence-electron chi connectivity index (χ3n) is 5.84. The molecule has 2 aromatic carbocycles. The zero-order chi connectivity index (χ0) is 23.0. The summed E-state index contributed by atoms with van der Waals surface area (Å²) in [6.07, 6.45) is 0.442. The summed E-state index contributed by atoms with van der Waals surface area (Å²) >= 11 is 0. The van der Waals surface area contributed by atoms with Crippen molar-refractivity contribution in [1.29, 1.82) is 0 Å². The van der Waals surface area contributed by atoms with Crippen molar-refractivity contribution < 1.29 is 24.5 Å². The van der Waals surface area contributed by atoms with E-state index in [4.69, 9.17) is 9.47 Å². The number of amides is 1. The van der Waals surface area contributed by atoms with Crippen LogP contribution in [0, 0.1) is 13.8 Å². The van der Waals surface area contributed by atoms with E-state index in [1.54, 1.807) is 31.3 Å². The van der Waals surface area contributed by atoms with Gasteiger partial charge in [-0.3, -0.25) is 9.89 Å². The minimum absolute atomic E-state index is 0.0284. The molecular formula is C24H27N3O5. The van der Waals surface area contributed by atoms with Gasteiger partial charge in [-0.05, 0) is 55.2 Å². The summed E-state index contributed by atoms with van der Waals surface area (Å²) in [4.78, 5) is 15.0. The molecular weight excluding hydrogens is 410 g/mol. The molecule has 168 valence electrons. The lowest BCUT2D eigenvalue weighted by atomic mass is 9.93. The minimum atomic E-state index is -0.460. The number of aliphatic hydroxyl groups is 1. The molecule has 1 unspecified atom stereocenters. The number of carbonyl (C=O) groups excluding carboxylic acids is 1. The number of aromatic nitrogens is 2. The number of nitrogens with one attached hydrogen (secondary N) is 1. The molecule has 0 fully saturated rings. The second kappa shape index (κ2) is 8.55. The Morgan fingerprint density at radius 1 is 1.12 bits per heavy atom. The molecule has 0 radical (unpaired) electrons. The Morgan fingerprint density at radius 3 is 2.53 bits per heavy atom. The van der Waals surface area contributed by atoms with E-state index >= 15 is 0 Å². The van der Waals surface area contributed by atoms with Crippen molar-refractivity contribution in [2.24, 2.45) is 0 Å². The number of methoxy groups -OCH3 is 2. The van der Waals surface area contributed by atoms with Gasteiger partial charge in [0.15, 0.2) is 11.5 Å². The summed E-state index contributed by atoms with van der Waals surface area (Å²) in [7, 11) is 3.13. The first-order chi connectivity index (χ1) is 15.4. The Balaban J connectivity index is 1.92. The first-order valence-electron chi connectivity index (χ1n) is 10.4. The lowest BCUT2D eigenvalue weighted by Gasteiger charge is -2.27. The molecule has 1 amide bonds. The van der Waals surface area contributed by atoms with Crippen LogP contribution in [0.1, 0.15) is 45.2 Å². The lowest BCUT2D eigenvalue weighted by molar-refractivity contribution is 0.0732. The number of aryl methyl sites for hydroxylation is 2. The summed E-state index contributed by atoms with van der Waals surface area (Å²) < 4.78 is 10.9. The number of rotatable bonds is 7. The summed E-state index contributed by atoms with van der Waals surface area (Å²) in [5.41, 5.74) is 4.83. The fourth-order valence-electron chi connectivity index (χ4n) is 4.48. The molecule has 0 spiro atoms. The van der Waals surface area contributed by atoms with Gasteiger partial charge in [-0.2, -0.15) is 5.10 Å². The van der Waals surface area contributed by atoms with Gasteiger partial charge in [0.1, 0.15) is 17.1 Å². The molecule has 1 aromatic heterocycles. The minimum Gasteiger partial charge on any atom is -0.507 e. The molecule has 3 N–H and O–H groups in total. The highest BCUT2D eigenvalue weighted by Gasteiger charge is 2.42. The molecule has 0 saturated carbocycles. The third-order valence-corrected chi connectivity index (χ3v) is 5.84. The molecule has 8 heteroatoms. The van der Waals surface area contributed by atoms with Crippen molar-refractivity contribution >= 4 is 5.91 Å². The molecule has 0 saturated heterocycles. The van der Waals surface area contributed by atoms with Crippen LogP contribution < -0.4 is 9.47 Å². The zero-order valence-electron chi connectivity index (χ0n) is 18.6. The molecule has 0 aliphatic carbocycles. The topological polar surface area (TPSA) is 108 Å². The van der Waals surface area contributed by atoms with Crippen LogP contribution in [0.4, 0.5) is 0 Å². The van der Waals surface area contributed by atoms with Gasteiger partial charge in [-0.15, -0.1) is 0 Å². The Hall–Kier alpha value is -3.52. The SMILES string of the molecule is COc1ccc(C2c3c(-c4c(C)cc(C)cc4O)n[nH]c3C(=O)N2CCCO)cc1OC. The van der Waals surface area contributed by atoms with Crippen LogP contribution in [0.2, 0.25) is 0 Å². The lowest BCUT2D eigenvalue weighted by Crippen LogP contribution is -2.31. The summed E-state index contributed by atoms with van der Waals surface area (Å²) in [5.74, 6) is 1.05. The van der Waals surface area contributed by atoms with Crippen LogP contribution >= 0.6 is 0 Å². The van der Waals surface area contributed by atoms with Gasteiger partial charge in [0.25, 0.3) is 5.91 Å². The number of fused-ring (bicyclic) bond motifs is 1. The highest BCUT2D eigenvalue weighted by atomic mass is 16.5. The monoisotopic (exact) mass is 437 g/mol. The highest BCUT2D eigenvalue weighted by molar-refractivity contribution is 6.00. The smallest absolute Gasteiger partial charge is 0.273 e. The van der Waals surface area contributed by atoms with E-state index in [1.807, 2.05) is 32.0 Å². The van der Waals surface area contributed by atoms with E-state index in [0.29, 0.717) is 47.0 Å². The van der Waals surface area contributed by atoms with Gasteiger partial charge in [-0.25, -0.2) is 0 Å². The van der Waals surface area contributed by atoms with Crippen molar-refractivity contribution in [3.8, 4) is 28.5 Å². The number of aromatic amines is 1. The summed E-state index contributed by atoms with van der Waals surface area (Å²) in [5, 5.41) is 27.5. The van der Waals surface area contributed by atoms with E-state index in [9.17, 15) is 15.0 Å². The Bertz CT molecular complexity index is 1150. The van der Waals surface area contributed by atoms with Crippen LogP contribution in [0.3, 0.4) is 0 Å². The summed E-state index contributed by atoms with van der Waals surface area (Å²) in [6, 6.07) is 8.74. The standard InChI is InChI=1S/C24H27N3O5/c1-13-10-14(2)19(16(29)11-13)21-20-22(26-25-21)24(30)27(8-5-9-28)23(20)15-6-7-17(31-3)18(12-15)32-4/h6-7,10-12,23,28-29H,5,8-9H2,1-4H3,(H,25,26). The van der Waals surface area contributed by atoms with Crippen molar-refractivity contribution in [3.63, 3.8) is 0 Å². The van der Waals surface area contributed by atoms with Crippen molar-refractivity contribution in [2.75, 3.05) is 27.4 Å². The first-order valence-corrected chi connectivity index (χ1v) is 10.4. The Morgan fingerprint density at radius 2 is 1.88 bits per heavy atom.